The van der Waals surface area contributed by atoms with Gasteiger partial charge >= 0.3 is 6.09 Å². The molecule has 0 spiro atoms. The van der Waals surface area contributed by atoms with Crippen LogP contribution in [-0.4, -0.2) is 42.8 Å². The van der Waals surface area contributed by atoms with Crippen molar-refractivity contribution in [2.45, 2.75) is 45.9 Å². The third kappa shape index (κ3) is 5.23. The Morgan fingerprint density at radius 1 is 1.32 bits per heavy atom. The van der Waals surface area contributed by atoms with E-state index < -0.39 is 11.8 Å². The number of carbonyl (C=O) groups is 1. The van der Waals surface area contributed by atoms with Crippen LogP contribution in [0.15, 0.2) is 16.6 Å². The first kappa shape index (κ1) is 20.3. The number of ether oxygens (including phenoxy) is 1. The highest BCUT2D eigenvalue weighted by molar-refractivity contribution is 9.10. The van der Waals surface area contributed by atoms with Gasteiger partial charge in [0.15, 0.2) is 0 Å². The fourth-order valence-electron chi connectivity index (χ4n) is 2.70. The summed E-state index contributed by atoms with van der Waals surface area (Å²) in [6.07, 6.45) is -1.01. The van der Waals surface area contributed by atoms with Crippen molar-refractivity contribution in [3.63, 3.8) is 0 Å². The lowest BCUT2D eigenvalue weighted by molar-refractivity contribution is 0.0240. The molecule has 1 atom stereocenters. The van der Waals surface area contributed by atoms with Crippen molar-refractivity contribution in [2.75, 3.05) is 31.1 Å². The summed E-state index contributed by atoms with van der Waals surface area (Å²) in [5.74, 6) is 0. The molecule has 1 heterocycles. The van der Waals surface area contributed by atoms with E-state index in [4.69, 9.17) is 16.3 Å². The SMILES string of the molecule is CC[C@@H](F)c1cc(N2CCN(C(=O)OC(C)(C)C)CC2)cc(Br)c1Cl. The van der Waals surface area contributed by atoms with Gasteiger partial charge in [0.25, 0.3) is 0 Å². The van der Waals surface area contributed by atoms with E-state index in [1.165, 1.54) is 0 Å². The molecule has 1 aliphatic rings. The lowest BCUT2D eigenvalue weighted by atomic mass is 10.1. The van der Waals surface area contributed by atoms with Gasteiger partial charge in [-0.3, -0.25) is 0 Å². The Morgan fingerprint density at radius 3 is 2.44 bits per heavy atom. The summed E-state index contributed by atoms with van der Waals surface area (Å²) in [7, 11) is 0. The normalized spacial score (nSPS) is 16.8. The monoisotopic (exact) mass is 434 g/mol. The Labute approximate surface area is 162 Å². The summed E-state index contributed by atoms with van der Waals surface area (Å²) < 4.78 is 20.3. The maximum Gasteiger partial charge on any atom is 0.410 e. The van der Waals surface area contributed by atoms with Crippen molar-refractivity contribution < 1.29 is 13.9 Å². The molecule has 25 heavy (non-hydrogen) atoms. The molecule has 0 N–H and O–H groups in total. The van der Waals surface area contributed by atoms with Crippen molar-refractivity contribution in [1.82, 2.24) is 4.90 Å². The predicted molar refractivity (Wildman–Crippen MR) is 103 cm³/mol. The van der Waals surface area contributed by atoms with Gasteiger partial charge in [0.2, 0.25) is 0 Å². The van der Waals surface area contributed by atoms with E-state index in [1.54, 1.807) is 11.8 Å². The molecule has 0 saturated carbocycles. The van der Waals surface area contributed by atoms with E-state index in [9.17, 15) is 9.18 Å². The van der Waals surface area contributed by atoms with E-state index in [2.05, 4.69) is 20.8 Å². The fraction of sp³-hybridized carbons (Fsp3) is 0.611. The largest absolute Gasteiger partial charge is 0.444 e. The maximum atomic E-state index is 14.2. The quantitative estimate of drug-likeness (QED) is 0.621. The topological polar surface area (TPSA) is 32.8 Å². The molecular weight excluding hydrogens is 411 g/mol. The van der Waals surface area contributed by atoms with Crippen molar-refractivity contribution in [3.8, 4) is 0 Å². The summed E-state index contributed by atoms with van der Waals surface area (Å²) in [6, 6.07) is 3.71. The summed E-state index contributed by atoms with van der Waals surface area (Å²) in [5, 5.41) is 0.422. The molecule has 0 aromatic heterocycles. The van der Waals surface area contributed by atoms with Gasteiger partial charge in [-0.2, -0.15) is 0 Å². The van der Waals surface area contributed by atoms with Crippen LogP contribution in [-0.2, 0) is 4.74 Å². The molecule has 1 amide bonds. The number of halogens is 3. The van der Waals surface area contributed by atoms with Gasteiger partial charge < -0.3 is 14.5 Å². The summed E-state index contributed by atoms with van der Waals surface area (Å²) in [4.78, 5) is 16.0. The lowest BCUT2D eigenvalue weighted by Gasteiger charge is -2.37. The smallest absolute Gasteiger partial charge is 0.410 e. The number of amides is 1. The highest BCUT2D eigenvalue weighted by Gasteiger charge is 2.27. The minimum absolute atomic E-state index is 0.292. The number of rotatable bonds is 3. The first-order chi connectivity index (χ1) is 11.6. The maximum absolute atomic E-state index is 14.2. The summed E-state index contributed by atoms with van der Waals surface area (Å²) in [6.45, 7) is 9.82. The minimum atomic E-state index is -1.09. The fourth-order valence-corrected chi connectivity index (χ4v) is 3.39. The molecule has 0 radical (unpaired) electrons. The van der Waals surface area contributed by atoms with E-state index in [0.29, 0.717) is 47.7 Å². The predicted octanol–water partition coefficient (Wildman–Crippen LogP) is 5.58. The average Bonchev–Trinajstić information content (AvgIpc) is 2.55. The van der Waals surface area contributed by atoms with Crippen LogP contribution >= 0.6 is 27.5 Å². The van der Waals surface area contributed by atoms with Crippen molar-refractivity contribution in [2.24, 2.45) is 0 Å². The molecule has 0 unspecified atom stereocenters. The van der Waals surface area contributed by atoms with Gasteiger partial charge in [-0.25, -0.2) is 9.18 Å². The molecule has 2 rings (SSSR count). The molecule has 7 heteroatoms. The van der Waals surface area contributed by atoms with E-state index in [0.717, 1.165) is 5.69 Å². The van der Waals surface area contributed by atoms with Gasteiger partial charge in [0, 0.05) is 41.9 Å². The Balaban J connectivity index is 2.08. The van der Waals surface area contributed by atoms with E-state index >= 15 is 0 Å². The number of benzene rings is 1. The number of nitrogens with zero attached hydrogens (tertiary/aromatic N) is 2. The van der Waals surface area contributed by atoms with Gasteiger partial charge in [-0.15, -0.1) is 0 Å². The second-order valence-corrected chi connectivity index (χ2v) is 8.39. The molecule has 0 bridgehead atoms. The first-order valence-electron chi connectivity index (χ1n) is 8.48. The van der Waals surface area contributed by atoms with Crippen LogP contribution < -0.4 is 4.90 Å². The molecule has 1 aromatic rings. The van der Waals surface area contributed by atoms with Crippen molar-refractivity contribution in [1.29, 1.82) is 0 Å². The Morgan fingerprint density at radius 2 is 1.92 bits per heavy atom. The minimum Gasteiger partial charge on any atom is -0.444 e. The van der Waals surface area contributed by atoms with Crippen LogP contribution in [0.1, 0.15) is 45.9 Å². The molecule has 140 valence electrons. The number of hydrogen-bond donors (Lipinski definition) is 0. The summed E-state index contributed by atoms with van der Waals surface area (Å²) in [5.41, 5.74) is 0.912. The zero-order valence-electron chi connectivity index (χ0n) is 15.1. The van der Waals surface area contributed by atoms with Crippen LogP contribution in [0.2, 0.25) is 5.02 Å². The second-order valence-electron chi connectivity index (χ2n) is 7.16. The molecular formula is C18H25BrClFN2O2. The third-order valence-corrected chi connectivity index (χ3v) is 5.31. The third-order valence-electron chi connectivity index (χ3n) is 4.03. The van der Waals surface area contributed by atoms with E-state index in [1.807, 2.05) is 32.9 Å². The molecule has 1 aliphatic heterocycles. The molecule has 1 fully saturated rings. The van der Waals surface area contributed by atoms with Gasteiger partial charge in [0.1, 0.15) is 11.8 Å². The number of carbonyl (C=O) groups excluding carboxylic acids is 1. The Hall–Kier alpha value is -1.01. The zero-order chi connectivity index (χ0) is 18.8. The van der Waals surface area contributed by atoms with Gasteiger partial charge in [-0.05, 0) is 55.3 Å². The Bertz CT molecular complexity index is 628. The molecule has 1 saturated heterocycles. The molecule has 1 aromatic carbocycles. The van der Waals surface area contributed by atoms with Gasteiger partial charge in [-0.1, -0.05) is 18.5 Å². The number of alkyl halides is 1. The Kier molecular flexibility index (Phi) is 6.60. The van der Waals surface area contributed by atoms with E-state index in [-0.39, 0.29) is 6.09 Å². The van der Waals surface area contributed by atoms with Crippen molar-refractivity contribution >= 4 is 39.3 Å². The van der Waals surface area contributed by atoms with Crippen LogP contribution in [0.25, 0.3) is 0 Å². The standard InChI is InChI=1S/C18H25BrClFN2O2/c1-5-15(21)13-10-12(11-14(19)16(13)20)22-6-8-23(9-7-22)17(24)25-18(2,3)4/h10-11,15H,5-9H2,1-4H3/t15-/m1/s1. The highest BCUT2D eigenvalue weighted by Crippen LogP contribution is 2.37. The van der Waals surface area contributed by atoms with Crippen molar-refractivity contribution in [3.05, 3.63) is 27.2 Å². The second kappa shape index (κ2) is 8.12. The van der Waals surface area contributed by atoms with Gasteiger partial charge in [0.05, 0.1) is 5.02 Å². The molecule has 0 aliphatic carbocycles. The average molecular weight is 436 g/mol. The zero-order valence-corrected chi connectivity index (χ0v) is 17.5. The number of anilines is 1. The summed E-state index contributed by atoms with van der Waals surface area (Å²) >= 11 is 9.65. The number of hydrogen-bond acceptors (Lipinski definition) is 3. The van der Waals surface area contributed by atoms with Crippen LogP contribution in [0.4, 0.5) is 14.9 Å². The lowest BCUT2D eigenvalue weighted by Crippen LogP contribution is -2.50. The highest BCUT2D eigenvalue weighted by atomic mass is 79.9. The van der Waals surface area contributed by atoms with Crippen LogP contribution in [0.3, 0.4) is 0 Å². The van der Waals surface area contributed by atoms with Crippen LogP contribution in [0.5, 0.6) is 0 Å². The number of piperazine rings is 1. The molecule has 4 nitrogen and oxygen atoms in total. The first-order valence-corrected chi connectivity index (χ1v) is 9.65. The van der Waals surface area contributed by atoms with Crippen LogP contribution in [0, 0.1) is 0 Å².